The van der Waals surface area contributed by atoms with Crippen LogP contribution in [0.4, 0.5) is 0 Å². The molecular formula is C16H21NO4. The molecule has 1 heterocycles. The molecule has 1 amide bonds. The zero-order valence-corrected chi connectivity index (χ0v) is 12.0. The summed E-state index contributed by atoms with van der Waals surface area (Å²) in [6, 6.07) is 9.74. The first-order valence-electron chi connectivity index (χ1n) is 7.26. The molecule has 1 aliphatic heterocycles. The predicted octanol–water partition coefficient (Wildman–Crippen LogP) is 1.57. The van der Waals surface area contributed by atoms with Crippen molar-refractivity contribution < 1.29 is 19.4 Å². The number of hydrogen-bond acceptors (Lipinski definition) is 3. The summed E-state index contributed by atoms with van der Waals surface area (Å²) in [4.78, 5) is 24.5. The molecule has 1 fully saturated rings. The number of carboxylic acids is 1. The van der Waals surface area contributed by atoms with Crippen LogP contribution in [-0.2, 0) is 20.7 Å². The maximum atomic E-state index is 12.2. The Bertz CT molecular complexity index is 466. The molecule has 0 radical (unpaired) electrons. The zero-order chi connectivity index (χ0) is 15.1. The van der Waals surface area contributed by atoms with Crippen molar-refractivity contribution in [1.82, 2.24) is 4.90 Å². The van der Waals surface area contributed by atoms with Crippen molar-refractivity contribution in [2.24, 2.45) is 5.92 Å². The Hall–Kier alpha value is -1.88. The molecule has 0 spiro atoms. The SMILES string of the molecule is O=C(O)COCC1CCN(C(=O)Cc2ccccc2)CC1. The van der Waals surface area contributed by atoms with E-state index < -0.39 is 5.97 Å². The number of aliphatic carboxylic acids is 1. The predicted molar refractivity (Wildman–Crippen MR) is 77.9 cm³/mol. The molecule has 1 aromatic rings. The van der Waals surface area contributed by atoms with Gasteiger partial charge in [0.1, 0.15) is 6.61 Å². The summed E-state index contributed by atoms with van der Waals surface area (Å²) in [6.07, 6.45) is 2.20. The fourth-order valence-electron chi connectivity index (χ4n) is 2.54. The minimum Gasteiger partial charge on any atom is -0.480 e. The molecular weight excluding hydrogens is 270 g/mol. The van der Waals surface area contributed by atoms with Crippen molar-refractivity contribution in [2.75, 3.05) is 26.3 Å². The van der Waals surface area contributed by atoms with Gasteiger partial charge in [-0.05, 0) is 24.3 Å². The van der Waals surface area contributed by atoms with E-state index in [-0.39, 0.29) is 12.5 Å². The lowest BCUT2D eigenvalue weighted by Gasteiger charge is -2.32. The minimum atomic E-state index is -0.939. The molecule has 2 rings (SSSR count). The summed E-state index contributed by atoms with van der Waals surface area (Å²) in [5.41, 5.74) is 1.04. The molecule has 1 aromatic carbocycles. The van der Waals surface area contributed by atoms with E-state index in [2.05, 4.69) is 0 Å². The van der Waals surface area contributed by atoms with Crippen LogP contribution in [0, 0.1) is 5.92 Å². The number of carbonyl (C=O) groups is 2. The number of hydrogen-bond donors (Lipinski definition) is 1. The first kappa shape index (κ1) is 15.5. The summed E-state index contributed by atoms with van der Waals surface area (Å²) in [5.74, 6) is -0.429. The topological polar surface area (TPSA) is 66.8 Å². The minimum absolute atomic E-state index is 0.158. The second-order valence-corrected chi connectivity index (χ2v) is 5.40. The number of ether oxygens (including phenoxy) is 1. The Balaban J connectivity index is 1.71. The Morgan fingerprint density at radius 3 is 2.48 bits per heavy atom. The summed E-state index contributed by atoms with van der Waals surface area (Å²) in [7, 11) is 0. The van der Waals surface area contributed by atoms with Gasteiger partial charge in [-0.1, -0.05) is 30.3 Å². The lowest BCUT2D eigenvalue weighted by molar-refractivity contribution is -0.142. The smallest absolute Gasteiger partial charge is 0.329 e. The Morgan fingerprint density at radius 1 is 1.19 bits per heavy atom. The van der Waals surface area contributed by atoms with Crippen LogP contribution in [0.15, 0.2) is 30.3 Å². The lowest BCUT2D eigenvalue weighted by Crippen LogP contribution is -2.40. The van der Waals surface area contributed by atoms with Gasteiger partial charge in [0.15, 0.2) is 0 Å². The average Bonchev–Trinajstić information content (AvgIpc) is 2.48. The van der Waals surface area contributed by atoms with Gasteiger partial charge in [0.25, 0.3) is 0 Å². The third-order valence-electron chi connectivity index (χ3n) is 3.74. The number of carboxylic acid groups (broad SMARTS) is 1. The average molecular weight is 291 g/mol. The molecule has 0 aliphatic carbocycles. The molecule has 0 aromatic heterocycles. The van der Waals surface area contributed by atoms with Crippen LogP contribution in [0.2, 0.25) is 0 Å². The molecule has 114 valence electrons. The number of rotatable bonds is 6. The van der Waals surface area contributed by atoms with Gasteiger partial charge >= 0.3 is 5.97 Å². The molecule has 1 N–H and O–H groups in total. The van der Waals surface area contributed by atoms with E-state index in [1.807, 2.05) is 35.2 Å². The summed E-state index contributed by atoms with van der Waals surface area (Å²) >= 11 is 0. The van der Waals surface area contributed by atoms with E-state index in [0.717, 1.165) is 31.5 Å². The van der Waals surface area contributed by atoms with E-state index in [9.17, 15) is 9.59 Å². The number of likely N-dealkylation sites (tertiary alicyclic amines) is 1. The lowest BCUT2D eigenvalue weighted by atomic mass is 9.97. The Labute approximate surface area is 124 Å². The molecule has 5 heteroatoms. The van der Waals surface area contributed by atoms with Crippen molar-refractivity contribution in [3.63, 3.8) is 0 Å². The number of benzene rings is 1. The number of piperidine rings is 1. The van der Waals surface area contributed by atoms with Crippen molar-refractivity contribution in [1.29, 1.82) is 0 Å². The van der Waals surface area contributed by atoms with Crippen molar-refractivity contribution in [3.8, 4) is 0 Å². The Kier molecular flexibility index (Phi) is 5.75. The molecule has 1 aliphatic rings. The number of nitrogens with zero attached hydrogens (tertiary/aromatic N) is 1. The normalized spacial score (nSPS) is 15.9. The maximum Gasteiger partial charge on any atom is 0.329 e. The van der Waals surface area contributed by atoms with Gasteiger partial charge < -0.3 is 14.7 Å². The first-order chi connectivity index (χ1) is 10.1. The second kappa shape index (κ2) is 7.78. The fourth-order valence-corrected chi connectivity index (χ4v) is 2.54. The van der Waals surface area contributed by atoms with Crippen LogP contribution in [0.25, 0.3) is 0 Å². The van der Waals surface area contributed by atoms with E-state index in [1.54, 1.807) is 0 Å². The van der Waals surface area contributed by atoms with Crippen LogP contribution in [-0.4, -0.2) is 48.2 Å². The van der Waals surface area contributed by atoms with Gasteiger partial charge in [-0.15, -0.1) is 0 Å². The zero-order valence-electron chi connectivity index (χ0n) is 12.0. The van der Waals surface area contributed by atoms with Crippen molar-refractivity contribution >= 4 is 11.9 Å². The van der Waals surface area contributed by atoms with Crippen molar-refractivity contribution in [2.45, 2.75) is 19.3 Å². The molecule has 0 bridgehead atoms. The summed E-state index contributed by atoms with van der Waals surface area (Å²) in [5, 5.41) is 8.52. The van der Waals surface area contributed by atoms with Gasteiger partial charge in [-0.2, -0.15) is 0 Å². The quantitative estimate of drug-likeness (QED) is 0.864. The molecule has 21 heavy (non-hydrogen) atoms. The highest BCUT2D eigenvalue weighted by Crippen LogP contribution is 2.18. The van der Waals surface area contributed by atoms with E-state index in [4.69, 9.17) is 9.84 Å². The Morgan fingerprint density at radius 2 is 1.86 bits per heavy atom. The number of amides is 1. The van der Waals surface area contributed by atoms with Crippen LogP contribution < -0.4 is 0 Å². The van der Waals surface area contributed by atoms with Gasteiger partial charge in [-0.3, -0.25) is 4.79 Å². The molecule has 5 nitrogen and oxygen atoms in total. The van der Waals surface area contributed by atoms with E-state index >= 15 is 0 Å². The standard InChI is InChI=1S/C16H21NO4/c18-15(10-13-4-2-1-3-5-13)17-8-6-14(7-9-17)11-21-12-16(19)20/h1-5,14H,6-12H2,(H,19,20). The highest BCUT2D eigenvalue weighted by atomic mass is 16.5. The molecule has 1 saturated heterocycles. The van der Waals surface area contributed by atoms with Crippen LogP contribution in [0.1, 0.15) is 18.4 Å². The van der Waals surface area contributed by atoms with Gasteiger partial charge in [-0.25, -0.2) is 4.79 Å². The first-order valence-corrected chi connectivity index (χ1v) is 7.26. The van der Waals surface area contributed by atoms with Crippen LogP contribution in [0.5, 0.6) is 0 Å². The summed E-state index contributed by atoms with van der Waals surface area (Å²) < 4.78 is 5.12. The largest absolute Gasteiger partial charge is 0.480 e. The van der Waals surface area contributed by atoms with Gasteiger partial charge in [0.05, 0.1) is 13.0 Å². The van der Waals surface area contributed by atoms with E-state index in [0.29, 0.717) is 18.9 Å². The van der Waals surface area contributed by atoms with Gasteiger partial charge in [0.2, 0.25) is 5.91 Å². The summed E-state index contributed by atoms with van der Waals surface area (Å²) in [6.45, 7) is 1.68. The molecule has 0 atom stereocenters. The van der Waals surface area contributed by atoms with Crippen molar-refractivity contribution in [3.05, 3.63) is 35.9 Å². The highest BCUT2D eigenvalue weighted by molar-refractivity contribution is 5.78. The monoisotopic (exact) mass is 291 g/mol. The van der Waals surface area contributed by atoms with Crippen LogP contribution >= 0.6 is 0 Å². The third-order valence-corrected chi connectivity index (χ3v) is 3.74. The molecule has 0 unspecified atom stereocenters. The van der Waals surface area contributed by atoms with Gasteiger partial charge in [0, 0.05) is 13.1 Å². The van der Waals surface area contributed by atoms with Crippen LogP contribution in [0.3, 0.4) is 0 Å². The number of carbonyl (C=O) groups excluding carboxylic acids is 1. The highest BCUT2D eigenvalue weighted by Gasteiger charge is 2.23. The maximum absolute atomic E-state index is 12.2. The second-order valence-electron chi connectivity index (χ2n) is 5.40. The van der Waals surface area contributed by atoms with E-state index in [1.165, 1.54) is 0 Å². The molecule has 0 saturated carbocycles. The third kappa shape index (κ3) is 5.19. The fraction of sp³-hybridized carbons (Fsp3) is 0.500.